The molecule has 0 saturated heterocycles. The van der Waals surface area contributed by atoms with Crippen molar-refractivity contribution in [1.82, 2.24) is 5.32 Å². The van der Waals surface area contributed by atoms with E-state index in [9.17, 15) is 0 Å². The van der Waals surface area contributed by atoms with E-state index in [0.29, 0.717) is 13.2 Å². The first-order valence-corrected chi connectivity index (χ1v) is 5.33. The zero-order valence-corrected chi connectivity index (χ0v) is 10.3. The predicted octanol–water partition coefficient (Wildman–Crippen LogP) is 1.92. The molecule has 0 aliphatic carbocycles. The fraction of sp³-hybridized carbons (Fsp3) is 0.500. The van der Waals surface area contributed by atoms with E-state index >= 15 is 0 Å². The van der Waals surface area contributed by atoms with Crippen LogP contribution in [-0.2, 0) is 15.9 Å². The van der Waals surface area contributed by atoms with Crippen LogP contribution in [0, 0.1) is 0 Å². The van der Waals surface area contributed by atoms with E-state index in [0.717, 1.165) is 13.0 Å². The highest BCUT2D eigenvalue weighted by atomic mass is 35.5. The number of hydrogen-bond acceptors (Lipinski definition) is 3. The zero-order chi connectivity index (χ0) is 10.5. The van der Waals surface area contributed by atoms with Crippen molar-refractivity contribution in [2.24, 2.45) is 0 Å². The summed E-state index contributed by atoms with van der Waals surface area (Å²) in [5, 5.41) is 3.36. The largest absolute Gasteiger partial charge is 0.382 e. The van der Waals surface area contributed by atoms with Crippen molar-refractivity contribution in [3.8, 4) is 0 Å². The summed E-state index contributed by atoms with van der Waals surface area (Å²) in [6.07, 6.45) is 1.12. The second kappa shape index (κ2) is 6.86. The Kier molecular flexibility index (Phi) is 5.77. The number of ether oxygens (including phenoxy) is 2. The number of methoxy groups -OCH3 is 1. The second-order valence-electron chi connectivity index (χ2n) is 3.65. The van der Waals surface area contributed by atoms with Crippen molar-refractivity contribution in [3.05, 3.63) is 35.4 Å². The number of fused-ring (bicyclic) bond motifs is 1. The number of benzene rings is 1. The van der Waals surface area contributed by atoms with Crippen molar-refractivity contribution in [2.75, 3.05) is 26.9 Å². The second-order valence-corrected chi connectivity index (χ2v) is 3.65. The fourth-order valence-corrected chi connectivity index (χ4v) is 1.86. The van der Waals surface area contributed by atoms with Gasteiger partial charge in [-0.05, 0) is 17.5 Å². The van der Waals surface area contributed by atoms with Crippen LogP contribution in [0.15, 0.2) is 24.3 Å². The van der Waals surface area contributed by atoms with Gasteiger partial charge in [-0.2, -0.15) is 0 Å². The Hall–Kier alpha value is -0.610. The summed E-state index contributed by atoms with van der Waals surface area (Å²) < 4.78 is 10.7. The van der Waals surface area contributed by atoms with Gasteiger partial charge in [0.05, 0.1) is 13.2 Å². The molecule has 0 bridgehead atoms. The maximum atomic E-state index is 5.71. The van der Waals surface area contributed by atoms with Gasteiger partial charge in [-0.3, -0.25) is 5.32 Å². The molecule has 1 aliphatic heterocycles. The first kappa shape index (κ1) is 13.5. The van der Waals surface area contributed by atoms with Gasteiger partial charge in [0.2, 0.25) is 0 Å². The first-order valence-electron chi connectivity index (χ1n) is 5.33. The van der Waals surface area contributed by atoms with Crippen molar-refractivity contribution >= 4 is 12.4 Å². The quantitative estimate of drug-likeness (QED) is 0.820. The molecule has 1 aromatic rings. The molecule has 1 aliphatic rings. The standard InChI is InChI=1S/C12H17NO2.ClH/c1-14-8-9-15-12-11-5-3-2-4-10(11)6-7-13-12;/h2-5,12-13H,6-9H2,1H3;1H. The van der Waals surface area contributed by atoms with Crippen LogP contribution in [0.1, 0.15) is 17.4 Å². The smallest absolute Gasteiger partial charge is 0.134 e. The monoisotopic (exact) mass is 243 g/mol. The Balaban J connectivity index is 0.00000128. The maximum Gasteiger partial charge on any atom is 0.134 e. The molecule has 0 radical (unpaired) electrons. The normalized spacial score (nSPS) is 18.7. The molecule has 2 rings (SSSR count). The highest BCUT2D eigenvalue weighted by molar-refractivity contribution is 5.85. The van der Waals surface area contributed by atoms with Crippen LogP contribution in [0.3, 0.4) is 0 Å². The van der Waals surface area contributed by atoms with E-state index in [1.54, 1.807) is 7.11 Å². The van der Waals surface area contributed by atoms with Gasteiger partial charge >= 0.3 is 0 Å². The zero-order valence-electron chi connectivity index (χ0n) is 9.44. The van der Waals surface area contributed by atoms with Crippen LogP contribution in [0.4, 0.5) is 0 Å². The van der Waals surface area contributed by atoms with Gasteiger partial charge in [-0.15, -0.1) is 12.4 Å². The average Bonchev–Trinajstić information content (AvgIpc) is 2.30. The minimum Gasteiger partial charge on any atom is -0.382 e. The Morgan fingerprint density at radius 3 is 2.94 bits per heavy atom. The van der Waals surface area contributed by atoms with Gasteiger partial charge in [-0.1, -0.05) is 24.3 Å². The Labute approximate surface area is 103 Å². The molecule has 1 heterocycles. The van der Waals surface area contributed by atoms with E-state index in [4.69, 9.17) is 9.47 Å². The lowest BCUT2D eigenvalue weighted by Crippen LogP contribution is -2.32. The first-order chi connectivity index (χ1) is 7.42. The van der Waals surface area contributed by atoms with E-state index in [1.807, 2.05) is 0 Å². The summed E-state index contributed by atoms with van der Waals surface area (Å²) in [6, 6.07) is 8.43. The third kappa shape index (κ3) is 3.19. The van der Waals surface area contributed by atoms with Crippen LogP contribution in [0.5, 0.6) is 0 Å². The summed E-state index contributed by atoms with van der Waals surface area (Å²) in [7, 11) is 1.69. The van der Waals surface area contributed by atoms with E-state index in [-0.39, 0.29) is 18.6 Å². The predicted molar refractivity (Wildman–Crippen MR) is 66.0 cm³/mol. The molecule has 0 fully saturated rings. The minimum atomic E-state index is 0. The molecule has 90 valence electrons. The summed E-state index contributed by atoms with van der Waals surface area (Å²) in [5.41, 5.74) is 2.65. The third-order valence-corrected chi connectivity index (χ3v) is 2.63. The molecule has 16 heavy (non-hydrogen) atoms. The van der Waals surface area contributed by atoms with Crippen LogP contribution < -0.4 is 5.32 Å². The van der Waals surface area contributed by atoms with Crippen molar-refractivity contribution in [2.45, 2.75) is 12.6 Å². The fourth-order valence-electron chi connectivity index (χ4n) is 1.86. The van der Waals surface area contributed by atoms with Crippen molar-refractivity contribution in [1.29, 1.82) is 0 Å². The van der Waals surface area contributed by atoms with E-state index in [1.165, 1.54) is 11.1 Å². The third-order valence-electron chi connectivity index (χ3n) is 2.63. The van der Waals surface area contributed by atoms with Gasteiger partial charge in [0.1, 0.15) is 6.23 Å². The van der Waals surface area contributed by atoms with Crippen LogP contribution >= 0.6 is 12.4 Å². The van der Waals surface area contributed by atoms with Crippen LogP contribution in [0.2, 0.25) is 0 Å². The topological polar surface area (TPSA) is 30.5 Å². The molecular formula is C12H18ClNO2. The Morgan fingerprint density at radius 1 is 1.31 bits per heavy atom. The molecule has 1 N–H and O–H groups in total. The molecule has 0 amide bonds. The van der Waals surface area contributed by atoms with Crippen LogP contribution in [-0.4, -0.2) is 26.9 Å². The highest BCUT2D eigenvalue weighted by Gasteiger charge is 2.18. The van der Waals surface area contributed by atoms with Gasteiger partial charge in [0.25, 0.3) is 0 Å². The molecule has 0 spiro atoms. The number of rotatable bonds is 4. The SMILES string of the molecule is COCCOC1NCCc2ccccc21.Cl. The Morgan fingerprint density at radius 2 is 2.12 bits per heavy atom. The number of halogens is 1. The van der Waals surface area contributed by atoms with Gasteiger partial charge in [-0.25, -0.2) is 0 Å². The molecule has 0 aromatic heterocycles. The van der Waals surface area contributed by atoms with Crippen LogP contribution in [0.25, 0.3) is 0 Å². The van der Waals surface area contributed by atoms with Crippen molar-refractivity contribution < 1.29 is 9.47 Å². The van der Waals surface area contributed by atoms with Gasteiger partial charge in [0, 0.05) is 13.7 Å². The number of nitrogens with one attached hydrogen (secondary N) is 1. The Bertz CT molecular complexity index is 320. The molecule has 0 saturated carbocycles. The van der Waals surface area contributed by atoms with E-state index in [2.05, 4.69) is 29.6 Å². The highest BCUT2D eigenvalue weighted by Crippen LogP contribution is 2.23. The summed E-state index contributed by atoms with van der Waals surface area (Å²) in [5.74, 6) is 0. The lowest BCUT2D eigenvalue weighted by atomic mass is 10.00. The summed E-state index contributed by atoms with van der Waals surface area (Å²) >= 11 is 0. The lowest BCUT2D eigenvalue weighted by molar-refractivity contribution is -0.00453. The molecule has 1 aromatic carbocycles. The molecular weight excluding hydrogens is 226 g/mol. The van der Waals surface area contributed by atoms with Gasteiger partial charge in [0.15, 0.2) is 0 Å². The van der Waals surface area contributed by atoms with Gasteiger partial charge < -0.3 is 9.47 Å². The summed E-state index contributed by atoms with van der Waals surface area (Å²) in [4.78, 5) is 0. The van der Waals surface area contributed by atoms with Crippen molar-refractivity contribution in [3.63, 3.8) is 0 Å². The maximum absolute atomic E-state index is 5.71. The summed E-state index contributed by atoms with van der Waals surface area (Å²) in [6.45, 7) is 2.25. The van der Waals surface area contributed by atoms with E-state index < -0.39 is 0 Å². The molecule has 4 heteroatoms. The minimum absolute atomic E-state index is 0. The average molecular weight is 244 g/mol. The molecule has 3 nitrogen and oxygen atoms in total. The lowest BCUT2D eigenvalue weighted by Gasteiger charge is -2.26. The number of hydrogen-bond donors (Lipinski definition) is 1. The molecule has 1 atom stereocenters. The molecule has 1 unspecified atom stereocenters.